The number of carbonyl (C=O) groups is 1. The van der Waals surface area contributed by atoms with Crippen LogP contribution in [0.15, 0.2) is 66.4 Å². The second-order valence-corrected chi connectivity index (χ2v) is 12.1. The fourth-order valence-corrected chi connectivity index (χ4v) is 6.64. The molecule has 222 valence electrons. The highest BCUT2D eigenvalue weighted by atomic mass is 16.7. The van der Waals surface area contributed by atoms with Crippen LogP contribution < -0.4 is 5.73 Å². The van der Waals surface area contributed by atoms with Crippen molar-refractivity contribution in [2.24, 2.45) is 17.6 Å². The molecule has 7 nitrogen and oxygen atoms in total. The Morgan fingerprint density at radius 3 is 2.63 bits per heavy atom. The summed E-state index contributed by atoms with van der Waals surface area (Å²) in [5.74, 6) is -0.375. The largest absolute Gasteiger partial charge is 0.458 e. The Kier molecular flexibility index (Phi) is 9.81. The Labute approximate surface area is 244 Å². The fourth-order valence-electron chi connectivity index (χ4n) is 6.64. The third-order valence-electron chi connectivity index (χ3n) is 8.87. The number of hydrogen-bond donors (Lipinski definition) is 1. The van der Waals surface area contributed by atoms with Crippen LogP contribution in [-0.4, -0.2) is 49.2 Å². The van der Waals surface area contributed by atoms with Gasteiger partial charge in [0.05, 0.1) is 37.1 Å². The number of benzene rings is 1. The molecule has 0 amide bonds. The molecule has 9 atom stereocenters. The quantitative estimate of drug-likeness (QED) is 0.323. The summed E-state index contributed by atoms with van der Waals surface area (Å²) >= 11 is 0. The molecule has 1 aromatic rings. The van der Waals surface area contributed by atoms with Crippen LogP contribution in [0, 0.1) is 11.8 Å². The highest BCUT2D eigenvalue weighted by Crippen LogP contribution is 2.37. The van der Waals surface area contributed by atoms with Gasteiger partial charge in [-0.05, 0) is 62.4 Å². The second kappa shape index (κ2) is 13.5. The molecule has 3 fully saturated rings. The first kappa shape index (κ1) is 29.8. The van der Waals surface area contributed by atoms with Gasteiger partial charge >= 0.3 is 5.97 Å². The van der Waals surface area contributed by atoms with Gasteiger partial charge < -0.3 is 29.4 Å². The van der Waals surface area contributed by atoms with E-state index >= 15 is 0 Å². The lowest BCUT2D eigenvalue weighted by Gasteiger charge is -2.44. The van der Waals surface area contributed by atoms with Crippen LogP contribution in [0.4, 0.5) is 0 Å². The van der Waals surface area contributed by atoms with E-state index in [0.717, 1.165) is 42.4 Å². The van der Waals surface area contributed by atoms with Gasteiger partial charge in [-0.2, -0.15) is 0 Å². The number of esters is 1. The normalized spacial score (nSPS) is 38.7. The van der Waals surface area contributed by atoms with Gasteiger partial charge in [-0.25, -0.2) is 4.79 Å². The molecular weight excluding hydrogens is 518 g/mol. The van der Waals surface area contributed by atoms with E-state index in [2.05, 4.69) is 50.8 Å². The van der Waals surface area contributed by atoms with Crippen molar-refractivity contribution >= 4 is 12.0 Å². The van der Waals surface area contributed by atoms with Crippen LogP contribution in [-0.2, 0) is 28.5 Å². The number of nitrogens with two attached hydrogens (primary N) is 1. The molecule has 7 heteroatoms. The molecule has 2 N–H and O–H groups in total. The lowest BCUT2D eigenvalue weighted by Crippen LogP contribution is -2.51. The monoisotopic (exact) mass is 563 g/mol. The topological polar surface area (TPSA) is 89.2 Å². The Hall–Kier alpha value is -2.71. The van der Waals surface area contributed by atoms with Crippen molar-refractivity contribution in [3.8, 4) is 0 Å². The maximum absolute atomic E-state index is 13.0. The molecule has 0 aliphatic carbocycles. The minimum absolute atomic E-state index is 0.000925. The number of carbonyl (C=O) groups excluding carboxylic acids is 1. The van der Waals surface area contributed by atoms with Crippen LogP contribution in [0.25, 0.3) is 6.08 Å². The molecule has 9 unspecified atom stereocenters. The average Bonchev–Trinajstić information content (AvgIpc) is 2.95. The van der Waals surface area contributed by atoms with Gasteiger partial charge in [-0.1, -0.05) is 62.4 Å². The van der Waals surface area contributed by atoms with Gasteiger partial charge in [0.15, 0.2) is 6.29 Å². The van der Waals surface area contributed by atoms with Crippen molar-refractivity contribution in [1.82, 2.24) is 0 Å². The Bertz CT molecular complexity index is 1170. The zero-order valence-corrected chi connectivity index (χ0v) is 24.6. The Morgan fingerprint density at radius 1 is 1.00 bits per heavy atom. The summed E-state index contributed by atoms with van der Waals surface area (Å²) in [5, 5.41) is 0. The predicted octanol–water partition coefficient (Wildman–Crippen LogP) is 6.16. The van der Waals surface area contributed by atoms with Gasteiger partial charge in [0.25, 0.3) is 0 Å². The van der Waals surface area contributed by atoms with Crippen molar-refractivity contribution in [2.45, 2.75) is 102 Å². The zero-order valence-electron chi connectivity index (χ0n) is 24.6. The molecule has 8 bridgehead atoms. The molecule has 4 aliphatic rings. The summed E-state index contributed by atoms with van der Waals surface area (Å²) in [5.41, 5.74) is 10.1. The van der Waals surface area contributed by atoms with Crippen LogP contribution in [0.5, 0.6) is 0 Å². The van der Waals surface area contributed by atoms with Gasteiger partial charge in [-0.3, -0.25) is 0 Å². The van der Waals surface area contributed by atoms with Crippen molar-refractivity contribution < 1.29 is 28.5 Å². The van der Waals surface area contributed by atoms with E-state index in [1.165, 1.54) is 5.57 Å². The predicted molar refractivity (Wildman–Crippen MR) is 158 cm³/mol. The third kappa shape index (κ3) is 7.39. The smallest absolute Gasteiger partial charge is 0.330 e. The van der Waals surface area contributed by atoms with E-state index in [1.54, 1.807) is 12.3 Å². The lowest BCUT2D eigenvalue weighted by molar-refractivity contribution is -0.225. The van der Waals surface area contributed by atoms with Crippen molar-refractivity contribution in [2.75, 3.05) is 6.61 Å². The number of rotatable bonds is 1. The standard InChI is InChI=1S/C34H45NO6/c1-21-16-27-11-7-13-31(36)41-33-23(3)30(40-32(24(33)4)22(2)20-35)12-6-9-25-8-5-10-26(18-25)34-37-15-14-28(39-34)19-29(17-21)38-27/h5-10,13,18,20,23-24,27-30,32-34H,1,11-12,14-17,19,35H2,2-4H3/b9-6+,13-7-,22-20+. The van der Waals surface area contributed by atoms with Crippen molar-refractivity contribution in [1.29, 1.82) is 0 Å². The third-order valence-corrected chi connectivity index (χ3v) is 8.87. The first-order valence-electron chi connectivity index (χ1n) is 15.1. The van der Waals surface area contributed by atoms with Gasteiger partial charge in [0, 0.05) is 29.9 Å². The van der Waals surface area contributed by atoms with E-state index in [9.17, 15) is 4.79 Å². The van der Waals surface area contributed by atoms with Crippen LogP contribution in [0.3, 0.4) is 0 Å². The Morgan fingerprint density at radius 2 is 1.80 bits per heavy atom. The van der Waals surface area contributed by atoms with E-state index in [1.807, 2.05) is 19.1 Å². The van der Waals surface area contributed by atoms with Crippen LogP contribution >= 0.6 is 0 Å². The van der Waals surface area contributed by atoms with E-state index in [-0.39, 0.29) is 54.4 Å². The summed E-state index contributed by atoms with van der Waals surface area (Å²) in [7, 11) is 0. The molecule has 3 saturated heterocycles. The van der Waals surface area contributed by atoms with Crippen molar-refractivity contribution in [3.05, 3.63) is 77.5 Å². The number of fused-ring (bicyclic) bond motifs is 9. The molecular formula is C34H45NO6. The van der Waals surface area contributed by atoms with Gasteiger partial charge in [0.2, 0.25) is 0 Å². The van der Waals surface area contributed by atoms with Crippen LogP contribution in [0.1, 0.15) is 76.7 Å². The minimum atomic E-state index is -0.402. The van der Waals surface area contributed by atoms with Crippen molar-refractivity contribution in [3.63, 3.8) is 0 Å². The fraction of sp³-hybridized carbons (Fsp3) is 0.559. The second-order valence-electron chi connectivity index (χ2n) is 12.1. The molecule has 0 aromatic heterocycles. The van der Waals surface area contributed by atoms with Gasteiger partial charge in [-0.15, -0.1) is 0 Å². The minimum Gasteiger partial charge on any atom is -0.458 e. The van der Waals surface area contributed by atoms with E-state index in [0.29, 0.717) is 19.4 Å². The lowest BCUT2D eigenvalue weighted by atomic mass is 9.79. The summed E-state index contributed by atoms with van der Waals surface area (Å²) in [6.07, 6.45) is 12.8. The van der Waals surface area contributed by atoms with Crippen LogP contribution in [0.2, 0.25) is 0 Å². The first-order chi connectivity index (χ1) is 19.8. The van der Waals surface area contributed by atoms with E-state index < -0.39 is 6.29 Å². The SMILES string of the molecule is C=C1CC2C/C=C\C(=O)OC3C(C)C(C/C=C/c4cccc(c4)C4OCCC(CC(C1)O2)O4)OC(/C(C)=C/N)C3C. The first-order valence-corrected chi connectivity index (χ1v) is 15.1. The van der Waals surface area contributed by atoms with E-state index in [4.69, 9.17) is 29.4 Å². The maximum atomic E-state index is 13.0. The molecule has 4 heterocycles. The Balaban J connectivity index is 1.42. The molecule has 5 rings (SSSR count). The molecule has 1 aromatic carbocycles. The molecule has 0 radical (unpaired) electrons. The van der Waals surface area contributed by atoms with Gasteiger partial charge in [0.1, 0.15) is 6.10 Å². The zero-order chi connectivity index (χ0) is 28.9. The summed E-state index contributed by atoms with van der Waals surface area (Å²) in [4.78, 5) is 13.0. The highest BCUT2D eigenvalue weighted by Gasteiger charge is 2.43. The molecule has 0 spiro atoms. The summed E-state index contributed by atoms with van der Waals surface area (Å²) in [6.45, 7) is 11.0. The summed E-state index contributed by atoms with van der Waals surface area (Å²) in [6, 6.07) is 8.29. The molecule has 41 heavy (non-hydrogen) atoms. The summed E-state index contributed by atoms with van der Waals surface area (Å²) < 4.78 is 31.5. The number of hydrogen-bond acceptors (Lipinski definition) is 7. The average molecular weight is 564 g/mol. The highest BCUT2D eigenvalue weighted by molar-refractivity contribution is 5.82. The number of ether oxygens (including phenoxy) is 5. The molecule has 4 aliphatic heterocycles. The molecule has 0 saturated carbocycles. The maximum Gasteiger partial charge on any atom is 0.330 e.